The third-order valence-corrected chi connectivity index (χ3v) is 8.19. The Balaban J connectivity index is 1.31. The van der Waals surface area contributed by atoms with E-state index in [0.717, 1.165) is 48.8 Å². The van der Waals surface area contributed by atoms with Gasteiger partial charge in [0.05, 0.1) is 12.6 Å². The lowest BCUT2D eigenvalue weighted by Gasteiger charge is -2.43. The van der Waals surface area contributed by atoms with Gasteiger partial charge in [0.1, 0.15) is 6.04 Å². The predicted octanol–water partition coefficient (Wildman–Crippen LogP) is 3.25. The Morgan fingerprint density at radius 3 is 2.08 bits per heavy atom. The SMILES string of the molecule is C=C(N)c1ccc(CNC(=O)[C@@H]2CCN2C(=O)[C@H](NCC(=O)NCc2ccc(CC)cc2)C2CCCCC2)cc1. The Morgan fingerprint density at radius 1 is 0.900 bits per heavy atom. The number of carbonyl (C=O) groups is 3. The number of benzene rings is 2. The standard InChI is InChI=1S/C32H43N5O3/c1-3-23-9-11-24(12-10-23)19-34-29(38)21-35-30(27-7-5-4-6-8-27)32(40)37-18-17-28(37)31(39)36-20-25-13-15-26(16-14-25)22(2)33/h9-16,27-28,30,35H,2-8,17-21,33H2,1H3,(H,34,38)(H,36,39)/t28-,30+/m0/s1. The highest BCUT2D eigenvalue weighted by Gasteiger charge is 2.42. The first-order valence-corrected chi connectivity index (χ1v) is 14.6. The molecule has 2 aromatic carbocycles. The molecule has 0 radical (unpaired) electrons. The summed E-state index contributed by atoms with van der Waals surface area (Å²) in [5.74, 6) is -0.209. The van der Waals surface area contributed by atoms with E-state index >= 15 is 0 Å². The van der Waals surface area contributed by atoms with E-state index in [0.29, 0.717) is 31.8 Å². The first kappa shape index (κ1) is 29.3. The zero-order valence-corrected chi connectivity index (χ0v) is 23.6. The Morgan fingerprint density at radius 2 is 1.50 bits per heavy atom. The highest BCUT2D eigenvalue weighted by Crippen LogP contribution is 2.29. The molecule has 1 saturated carbocycles. The lowest BCUT2D eigenvalue weighted by molar-refractivity contribution is -0.150. The van der Waals surface area contributed by atoms with Crippen LogP contribution in [0.4, 0.5) is 0 Å². The van der Waals surface area contributed by atoms with E-state index in [1.165, 1.54) is 12.0 Å². The van der Waals surface area contributed by atoms with Crippen LogP contribution in [0.2, 0.25) is 0 Å². The van der Waals surface area contributed by atoms with Crippen LogP contribution in [0.3, 0.4) is 0 Å². The monoisotopic (exact) mass is 545 g/mol. The number of carbonyl (C=O) groups excluding carboxylic acids is 3. The number of nitrogens with two attached hydrogens (primary N) is 1. The van der Waals surface area contributed by atoms with Crippen molar-refractivity contribution in [2.75, 3.05) is 13.1 Å². The van der Waals surface area contributed by atoms with Gasteiger partial charge in [-0.1, -0.05) is 81.3 Å². The molecule has 0 bridgehead atoms. The van der Waals surface area contributed by atoms with E-state index in [9.17, 15) is 14.4 Å². The van der Waals surface area contributed by atoms with Crippen molar-refractivity contribution < 1.29 is 14.4 Å². The summed E-state index contributed by atoms with van der Waals surface area (Å²) >= 11 is 0. The summed E-state index contributed by atoms with van der Waals surface area (Å²) in [6.45, 7) is 7.29. The fraction of sp³-hybridized carbons (Fsp3) is 0.469. The van der Waals surface area contributed by atoms with Crippen LogP contribution >= 0.6 is 0 Å². The first-order valence-electron chi connectivity index (χ1n) is 14.6. The molecule has 4 rings (SSSR count). The van der Waals surface area contributed by atoms with Crippen LogP contribution in [-0.4, -0.2) is 47.8 Å². The second kappa shape index (κ2) is 14.1. The minimum absolute atomic E-state index is 0.0653. The van der Waals surface area contributed by atoms with Crippen molar-refractivity contribution in [3.05, 3.63) is 77.4 Å². The largest absolute Gasteiger partial charge is 0.399 e. The van der Waals surface area contributed by atoms with Gasteiger partial charge in [0.15, 0.2) is 0 Å². The minimum Gasteiger partial charge on any atom is -0.399 e. The van der Waals surface area contributed by atoms with Crippen molar-refractivity contribution >= 4 is 23.4 Å². The van der Waals surface area contributed by atoms with Gasteiger partial charge in [-0.3, -0.25) is 19.7 Å². The quantitative estimate of drug-likeness (QED) is 0.327. The Hall–Kier alpha value is -3.65. The van der Waals surface area contributed by atoms with E-state index in [1.807, 2.05) is 36.4 Å². The topological polar surface area (TPSA) is 117 Å². The zero-order valence-electron chi connectivity index (χ0n) is 23.6. The van der Waals surface area contributed by atoms with Crippen molar-refractivity contribution in [2.24, 2.45) is 11.7 Å². The van der Waals surface area contributed by atoms with Crippen LogP contribution in [0.1, 0.15) is 67.7 Å². The molecule has 8 heteroatoms. The van der Waals surface area contributed by atoms with Crippen LogP contribution in [0, 0.1) is 5.92 Å². The Labute approximate surface area is 237 Å². The van der Waals surface area contributed by atoms with Crippen LogP contribution in [-0.2, 0) is 33.9 Å². The number of hydrogen-bond donors (Lipinski definition) is 4. The number of hydrogen-bond acceptors (Lipinski definition) is 5. The molecule has 3 amide bonds. The fourth-order valence-corrected chi connectivity index (χ4v) is 5.53. The van der Waals surface area contributed by atoms with E-state index in [2.05, 4.69) is 41.6 Å². The molecule has 1 aliphatic carbocycles. The van der Waals surface area contributed by atoms with Gasteiger partial charge < -0.3 is 21.3 Å². The molecule has 0 aromatic heterocycles. The zero-order chi connectivity index (χ0) is 28.5. The average Bonchev–Trinajstić information content (AvgIpc) is 2.95. The molecule has 1 heterocycles. The average molecular weight is 546 g/mol. The number of aryl methyl sites for hydroxylation is 1. The van der Waals surface area contributed by atoms with Crippen molar-refractivity contribution in [1.82, 2.24) is 20.9 Å². The van der Waals surface area contributed by atoms with Crippen molar-refractivity contribution in [2.45, 2.75) is 77.0 Å². The number of likely N-dealkylation sites (tertiary alicyclic amines) is 1. The molecule has 40 heavy (non-hydrogen) atoms. The van der Waals surface area contributed by atoms with Crippen LogP contribution < -0.4 is 21.7 Å². The second-order valence-electron chi connectivity index (χ2n) is 11.0. The number of nitrogens with one attached hydrogen (secondary N) is 3. The molecule has 8 nitrogen and oxygen atoms in total. The summed E-state index contributed by atoms with van der Waals surface area (Å²) in [7, 11) is 0. The van der Waals surface area contributed by atoms with Gasteiger partial charge in [0.25, 0.3) is 0 Å². The van der Waals surface area contributed by atoms with Crippen molar-refractivity contribution in [3.63, 3.8) is 0 Å². The number of amides is 3. The third-order valence-electron chi connectivity index (χ3n) is 8.19. The lowest BCUT2D eigenvalue weighted by Crippen LogP contribution is -2.63. The van der Waals surface area contributed by atoms with Gasteiger partial charge in [0.2, 0.25) is 17.7 Å². The minimum atomic E-state index is -0.483. The van der Waals surface area contributed by atoms with Crippen LogP contribution in [0.15, 0.2) is 55.1 Å². The molecule has 5 N–H and O–H groups in total. The molecule has 0 spiro atoms. The first-order chi connectivity index (χ1) is 19.4. The predicted molar refractivity (Wildman–Crippen MR) is 158 cm³/mol. The number of nitrogens with zero attached hydrogens (tertiary/aromatic N) is 1. The van der Waals surface area contributed by atoms with Gasteiger partial charge in [-0.15, -0.1) is 0 Å². The molecule has 2 fully saturated rings. The number of rotatable bonds is 12. The highest BCUT2D eigenvalue weighted by molar-refractivity contribution is 5.92. The molecule has 2 aromatic rings. The van der Waals surface area contributed by atoms with E-state index in [1.54, 1.807) is 4.90 Å². The fourth-order valence-electron chi connectivity index (χ4n) is 5.53. The molecule has 214 valence electrons. The van der Waals surface area contributed by atoms with Gasteiger partial charge in [-0.05, 0) is 53.9 Å². The molecule has 2 aliphatic rings. The molecule has 1 saturated heterocycles. The molecule has 1 aliphatic heterocycles. The molecular formula is C32H43N5O3. The maximum atomic E-state index is 13.7. The van der Waals surface area contributed by atoms with Crippen molar-refractivity contribution in [3.8, 4) is 0 Å². The summed E-state index contributed by atoms with van der Waals surface area (Å²) in [5, 5.41) is 9.20. The van der Waals surface area contributed by atoms with Gasteiger partial charge in [-0.2, -0.15) is 0 Å². The van der Waals surface area contributed by atoms with Gasteiger partial charge >= 0.3 is 0 Å². The van der Waals surface area contributed by atoms with E-state index in [-0.39, 0.29) is 30.2 Å². The Bertz CT molecular complexity index is 1170. The van der Waals surface area contributed by atoms with Gasteiger partial charge in [0, 0.05) is 25.3 Å². The highest BCUT2D eigenvalue weighted by atomic mass is 16.2. The van der Waals surface area contributed by atoms with Crippen molar-refractivity contribution in [1.29, 1.82) is 0 Å². The summed E-state index contributed by atoms with van der Waals surface area (Å²) in [6, 6.07) is 14.8. The van der Waals surface area contributed by atoms with Crippen LogP contribution in [0.5, 0.6) is 0 Å². The summed E-state index contributed by atoms with van der Waals surface area (Å²) in [4.78, 5) is 41.0. The molecule has 2 atom stereocenters. The third kappa shape index (κ3) is 7.72. The van der Waals surface area contributed by atoms with E-state index < -0.39 is 12.1 Å². The maximum absolute atomic E-state index is 13.7. The second-order valence-corrected chi connectivity index (χ2v) is 11.0. The maximum Gasteiger partial charge on any atom is 0.243 e. The summed E-state index contributed by atoms with van der Waals surface area (Å²) in [6.07, 6.45) is 6.84. The molecule has 0 unspecified atom stereocenters. The van der Waals surface area contributed by atoms with E-state index in [4.69, 9.17) is 5.73 Å². The summed E-state index contributed by atoms with van der Waals surface area (Å²) < 4.78 is 0. The summed E-state index contributed by atoms with van der Waals surface area (Å²) in [5.41, 5.74) is 10.3. The normalized spacial score (nSPS) is 17.9. The van der Waals surface area contributed by atoms with Crippen LogP contribution in [0.25, 0.3) is 5.70 Å². The molecular weight excluding hydrogens is 502 g/mol. The lowest BCUT2D eigenvalue weighted by atomic mass is 9.82. The smallest absolute Gasteiger partial charge is 0.243 e. The van der Waals surface area contributed by atoms with Gasteiger partial charge in [-0.25, -0.2) is 0 Å². The Kier molecular flexibility index (Phi) is 10.4.